The van der Waals surface area contributed by atoms with E-state index >= 15 is 0 Å². The smallest absolute Gasteiger partial charge is 0.266 e. The van der Waals surface area contributed by atoms with Gasteiger partial charge < -0.3 is 19.2 Å². The van der Waals surface area contributed by atoms with Gasteiger partial charge in [-0.15, -0.1) is 11.3 Å². The molecule has 0 aliphatic rings. The van der Waals surface area contributed by atoms with Crippen LogP contribution in [0.4, 0.5) is 0 Å². The molecule has 0 saturated heterocycles. The molecule has 134 valence electrons. The van der Waals surface area contributed by atoms with Crippen LogP contribution in [0.25, 0.3) is 12.7 Å². The highest BCUT2D eigenvalue weighted by Gasteiger charge is 2.04. The number of H-pyrrole nitrogens is 1. The maximum atomic E-state index is 11.8. The molecular formula is C20H19NO4S. The molecule has 0 saturated carbocycles. The van der Waals surface area contributed by atoms with Crippen LogP contribution in [0, 0.1) is 0 Å². The molecule has 0 spiro atoms. The third-order valence-electron chi connectivity index (χ3n) is 3.58. The van der Waals surface area contributed by atoms with Crippen LogP contribution in [-0.2, 0) is 0 Å². The molecule has 3 aromatic rings. The van der Waals surface area contributed by atoms with Gasteiger partial charge in [-0.2, -0.15) is 0 Å². The van der Waals surface area contributed by atoms with Crippen molar-refractivity contribution in [2.24, 2.45) is 0 Å². The Hall–Kier alpha value is -2.99. The Morgan fingerprint density at radius 3 is 2.27 bits per heavy atom. The molecule has 1 heterocycles. The molecule has 0 atom stereocenters. The highest BCUT2D eigenvalue weighted by molar-refractivity contribution is 7.07. The standard InChI is InChI=1S/C20H19NO4S/c1-14-21-20(22)19(26-14)13-15-7-3-4-8-16(15)24-11-12-25-18-10-6-5-9-17(18)23-2/h3-10,13H,1,11-12H2,2H3,(H,21,22). The normalized spacial score (nSPS) is 11.3. The number of hydrogen-bond acceptors (Lipinski definition) is 5. The summed E-state index contributed by atoms with van der Waals surface area (Å²) in [4.78, 5) is 14.5. The van der Waals surface area contributed by atoms with Crippen molar-refractivity contribution in [1.82, 2.24) is 4.98 Å². The summed E-state index contributed by atoms with van der Waals surface area (Å²) in [6.07, 6.45) is 1.80. The van der Waals surface area contributed by atoms with Gasteiger partial charge in [0.05, 0.1) is 16.3 Å². The average molecular weight is 369 g/mol. The number of nitrogens with one attached hydrogen (secondary N) is 1. The second-order valence-corrected chi connectivity index (χ2v) is 6.51. The van der Waals surface area contributed by atoms with E-state index in [-0.39, 0.29) is 5.56 Å². The topological polar surface area (TPSA) is 60.6 Å². The zero-order chi connectivity index (χ0) is 18.4. The van der Waals surface area contributed by atoms with E-state index in [0.29, 0.717) is 39.7 Å². The molecule has 0 fully saturated rings. The molecule has 1 aromatic heterocycles. The fraction of sp³-hybridized carbons (Fsp3) is 0.150. The number of methoxy groups -OCH3 is 1. The fourth-order valence-corrected chi connectivity index (χ4v) is 3.14. The Bertz CT molecular complexity index is 1040. The second kappa shape index (κ2) is 8.40. The average Bonchev–Trinajstić information content (AvgIpc) is 2.97. The van der Waals surface area contributed by atoms with Crippen LogP contribution in [0.2, 0.25) is 0 Å². The Labute approximate surface area is 154 Å². The van der Waals surface area contributed by atoms with E-state index in [1.165, 1.54) is 11.3 Å². The summed E-state index contributed by atoms with van der Waals surface area (Å²) < 4.78 is 18.0. The predicted octanol–water partition coefficient (Wildman–Crippen LogP) is 2.14. The predicted molar refractivity (Wildman–Crippen MR) is 104 cm³/mol. The molecule has 6 heteroatoms. The van der Waals surface area contributed by atoms with E-state index in [9.17, 15) is 4.79 Å². The van der Waals surface area contributed by atoms with E-state index < -0.39 is 0 Å². The molecule has 0 radical (unpaired) electrons. The monoisotopic (exact) mass is 369 g/mol. The molecule has 0 aliphatic carbocycles. The van der Waals surface area contributed by atoms with Crippen molar-refractivity contribution in [2.75, 3.05) is 20.3 Å². The molecule has 26 heavy (non-hydrogen) atoms. The lowest BCUT2D eigenvalue weighted by atomic mass is 10.2. The molecule has 0 aliphatic heterocycles. The van der Waals surface area contributed by atoms with Gasteiger partial charge in [0.15, 0.2) is 11.5 Å². The van der Waals surface area contributed by atoms with E-state index in [0.717, 1.165) is 5.56 Å². The van der Waals surface area contributed by atoms with Gasteiger partial charge in [-0.3, -0.25) is 4.79 Å². The van der Waals surface area contributed by atoms with Crippen molar-refractivity contribution in [3.8, 4) is 17.2 Å². The number of para-hydroxylation sites is 3. The molecule has 5 nitrogen and oxygen atoms in total. The third kappa shape index (κ3) is 4.34. The van der Waals surface area contributed by atoms with Gasteiger partial charge in [-0.1, -0.05) is 36.9 Å². The summed E-state index contributed by atoms with van der Waals surface area (Å²) in [5.41, 5.74) is 0.687. The molecule has 0 amide bonds. The summed E-state index contributed by atoms with van der Waals surface area (Å²) in [6, 6.07) is 15.0. The van der Waals surface area contributed by atoms with Crippen LogP contribution >= 0.6 is 11.3 Å². The molecule has 0 unspecified atom stereocenters. The SMILES string of the molecule is C=c1[nH]c(=O)c(=Cc2ccccc2OCCOc2ccccc2OC)s1. The van der Waals surface area contributed by atoms with E-state index in [1.807, 2.05) is 48.5 Å². The lowest BCUT2D eigenvalue weighted by Gasteiger charge is -2.12. The van der Waals surface area contributed by atoms with Gasteiger partial charge in [0.2, 0.25) is 0 Å². The number of benzene rings is 2. The van der Waals surface area contributed by atoms with E-state index in [1.54, 1.807) is 13.2 Å². The van der Waals surface area contributed by atoms with E-state index in [4.69, 9.17) is 14.2 Å². The first kappa shape index (κ1) is 17.8. The highest BCUT2D eigenvalue weighted by Crippen LogP contribution is 2.25. The first-order valence-electron chi connectivity index (χ1n) is 8.05. The van der Waals surface area contributed by atoms with Crippen molar-refractivity contribution in [3.05, 3.63) is 73.6 Å². The number of ether oxygens (including phenoxy) is 3. The minimum Gasteiger partial charge on any atom is -0.493 e. The molecule has 3 rings (SSSR count). The Balaban J connectivity index is 1.68. The Morgan fingerprint density at radius 2 is 1.62 bits per heavy atom. The van der Waals surface area contributed by atoms with Gasteiger partial charge in [0, 0.05) is 5.56 Å². The Morgan fingerprint density at radius 1 is 1.00 bits per heavy atom. The maximum absolute atomic E-state index is 11.8. The van der Waals surface area contributed by atoms with Gasteiger partial charge in [-0.25, -0.2) is 0 Å². The minimum atomic E-state index is -0.144. The van der Waals surface area contributed by atoms with Crippen LogP contribution < -0.4 is 29.0 Å². The van der Waals surface area contributed by atoms with Gasteiger partial charge in [0.1, 0.15) is 19.0 Å². The number of hydrogen-bond donors (Lipinski definition) is 1. The van der Waals surface area contributed by atoms with Crippen molar-refractivity contribution < 1.29 is 14.2 Å². The largest absolute Gasteiger partial charge is 0.493 e. The fourth-order valence-electron chi connectivity index (χ4n) is 2.40. The van der Waals surface area contributed by atoms with Gasteiger partial charge in [-0.05, 0) is 24.3 Å². The van der Waals surface area contributed by atoms with E-state index in [2.05, 4.69) is 11.6 Å². The number of thiazole rings is 1. The lowest BCUT2D eigenvalue weighted by Crippen LogP contribution is -2.19. The van der Waals surface area contributed by atoms with Gasteiger partial charge in [0.25, 0.3) is 5.56 Å². The summed E-state index contributed by atoms with van der Waals surface area (Å²) in [5, 5.41) is 0. The van der Waals surface area contributed by atoms with Crippen LogP contribution in [0.1, 0.15) is 5.56 Å². The van der Waals surface area contributed by atoms with Gasteiger partial charge >= 0.3 is 0 Å². The summed E-state index contributed by atoms with van der Waals surface area (Å²) in [5.74, 6) is 2.04. The summed E-state index contributed by atoms with van der Waals surface area (Å²) in [7, 11) is 1.61. The van der Waals surface area contributed by atoms with Crippen molar-refractivity contribution >= 4 is 24.0 Å². The lowest BCUT2D eigenvalue weighted by molar-refractivity contribution is 0.211. The molecule has 1 N–H and O–H groups in total. The molecule has 2 aromatic carbocycles. The van der Waals surface area contributed by atoms with Crippen LogP contribution in [0.5, 0.6) is 17.2 Å². The number of rotatable bonds is 7. The Kier molecular flexibility index (Phi) is 5.76. The van der Waals surface area contributed by atoms with Crippen molar-refractivity contribution in [2.45, 2.75) is 0 Å². The second-order valence-electron chi connectivity index (χ2n) is 5.37. The van der Waals surface area contributed by atoms with Crippen LogP contribution in [0.3, 0.4) is 0 Å². The highest BCUT2D eigenvalue weighted by atomic mass is 32.1. The number of aromatic amines is 1. The zero-order valence-corrected chi connectivity index (χ0v) is 15.2. The molecule has 0 bridgehead atoms. The minimum absolute atomic E-state index is 0.144. The summed E-state index contributed by atoms with van der Waals surface area (Å²) >= 11 is 1.32. The first-order valence-corrected chi connectivity index (χ1v) is 8.86. The van der Waals surface area contributed by atoms with Crippen molar-refractivity contribution in [3.63, 3.8) is 0 Å². The first-order chi connectivity index (χ1) is 12.7. The zero-order valence-electron chi connectivity index (χ0n) is 14.4. The van der Waals surface area contributed by atoms with Crippen LogP contribution in [-0.4, -0.2) is 25.3 Å². The number of aromatic nitrogens is 1. The maximum Gasteiger partial charge on any atom is 0.266 e. The summed E-state index contributed by atoms with van der Waals surface area (Å²) in [6.45, 7) is 4.49. The molecular weight excluding hydrogens is 350 g/mol. The van der Waals surface area contributed by atoms with Crippen molar-refractivity contribution in [1.29, 1.82) is 0 Å². The third-order valence-corrected chi connectivity index (χ3v) is 4.45. The quantitative estimate of drug-likeness (QED) is 0.648. The van der Waals surface area contributed by atoms with Crippen LogP contribution in [0.15, 0.2) is 53.3 Å².